The molecule has 3 heteroatoms. The molecule has 1 nitrogen and oxygen atoms in total. The molecule has 2 aromatic rings. The molecule has 0 amide bonds. The number of benzene rings is 2. The molecule has 0 radical (unpaired) electrons. The van der Waals surface area contributed by atoms with Gasteiger partial charge < -0.3 is 5.73 Å². The minimum absolute atomic E-state index is 0.763. The molecule has 0 unspecified atom stereocenters. The maximum atomic E-state index is 6.11. The quantitative estimate of drug-likeness (QED) is 0.823. The van der Waals surface area contributed by atoms with E-state index < -0.39 is 0 Å². The van der Waals surface area contributed by atoms with Gasteiger partial charge >= 0.3 is 0 Å². The summed E-state index contributed by atoms with van der Waals surface area (Å²) in [5.74, 6) is 0. The highest BCUT2D eigenvalue weighted by Crippen LogP contribution is 2.24. The van der Waals surface area contributed by atoms with Crippen LogP contribution in [0.1, 0.15) is 11.1 Å². The maximum absolute atomic E-state index is 6.11. The number of rotatable bonds is 2. The van der Waals surface area contributed by atoms with E-state index in [0.29, 0.717) is 0 Å². The first-order valence-corrected chi connectivity index (χ1v) is 6.11. The van der Waals surface area contributed by atoms with E-state index in [1.807, 2.05) is 42.5 Å². The monoisotopic (exact) mass is 295 g/mol. The van der Waals surface area contributed by atoms with Crippen molar-refractivity contribution in [2.45, 2.75) is 6.42 Å². The molecule has 16 heavy (non-hydrogen) atoms. The topological polar surface area (TPSA) is 26.0 Å². The van der Waals surface area contributed by atoms with Crippen molar-refractivity contribution in [3.8, 4) is 0 Å². The SMILES string of the molecule is Nc1cc(Br)ccc1Cc1ccccc1Cl. The standard InChI is InChI=1S/C13H11BrClN/c14-11-6-5-10(13(16)8-11)7-9-3-1-2-4-12(9)15/h1-6,8H,7,16H2. The highest BCUT2D eigenvalue weighted by molar-refractivity contribution is 9.10. The molecule has 0 saturated carbocycles. The molecule has 0 fully saturated rings. The molecule has 0 aliphatic rings. The van der Waals surface area contributed by atoms with Crippen LogP contribution in [0.15, 0.2) is 46.9 Å². The van der Waals surface area contributed by atoms with Crippen LogP contribution in [0.25, 0.3) is 0 Å². The van der Waals surface area contributed by atoms with Crippen molar-refractivity contribution in [2.75, 3.05) is 5.73 Å². The molecule has 0 bridgehead atoms. The van der Waals surface area contributed by atoms with Gasteiger partial charge in [-0.1, -0.05) is 51.8 Å². The fourth-order valence-electron chi connectivity index (χ4n) is 1.57. The summed E-state index contributed by atoms with van der Waals surface area (Å²) in [6.07, 6.45) is 0.763. The molecule has 82 valence electrons. The van der Waals surface area contributed by atoms with Gasteiger partial charge in [0.1, 0.15) is 0 Å². The van der Waals surface area contributed by atoms with Crippen LogP contribution in [-0.2, 0) is 6.42 Å². The Morgan fingerprint density at radius 2 is 1.81 bits per heavy atom. The fourth-order valence-corrected chi connectivity index (χ4v) is 2.16. The van der Waals surface area contributed by atoms with Crippen LogP contribution in [0.4, 0.5) is 5.69 Å². The summed E-state index contributed by atoms with van der Waals surface area (Å²) < 4.78 is 0.993. The van der Waals surface area contributed by atoms with Gasteiger partial charge in [-0.05, 0) is 29.3 Å². The molecule has 2 rings (SSSR count). The lowest BCUT2D eigenvalue weighted by molar-refractivity contribution is 1.20. The van der Waals surface area contributed by atoms with Gasteiger partial charge in [-0.3, -0.25) is 0 Å². The number of halogens is 2. The summed E-state index contributed by atoms with van der Waals surface area (Å²) in [4.78, 5) is 0. The molecule has 0 saturated heterocycles. The third-order valence-electron chi connectivity index (χ3n) is 2.45. The Bertz CT molecular complexity index is 511. The summed E-state index contributed by atoms with van der Waals surface area (Å²) in [6, 6.07) is 13.7. The number of nitrogens with two attached hydrogens (primary N) is 1. The summed E-state index contributed by atoms with van der Waals surface area (Å²) in [7, 11) is 0. The summed E-state index contributed by atoms with van der Waals surface area (Å²) >= 11 is 9.50. The van der Waals surface area contributed by atoms with Gasteiger partial charge in [0.05, 0.1) is 0 Å². The van der Waals surface area contributed by atoms with Crippen molar-refractivity contribution >= 4 is 33.2 Å². The summed E-state index contributed by atoms with van der Waals surface area (Å²) in [5.41, 5.74) is 8.92. The minimum atomic E-state index is 0.763. The maximum Gasteiger partial charge on any atom is 0.0441 e. The van der Waals surface area contributed by atoms with Gasteiger partial charge in [-0.2, -0.15) is 0 Å². The molecule has 0 heterocycles. The third kappa shape index (κ3) is 2.57. The van der Waals surface area contributed by atoms with Gasteiger partial charge in [0.15, 0.2) is 0 Å². The zero-order valence-electron chi connectivity index (χ0n) is 8.58. The van der Waals surface area contributed by atoms with Crippen molar-refractivity contribution in [3.63, 3.8) is 0 Å². The van der Waals surface area contributed by atoms with E-state index in [1.54, 1.807) is 0 Å². The number of hydrogen-bond acceptors (Lipinski definition) is 1. The van der Waals surface area contributed by atoms with E-state index in [0.717, 1.165) is 32.7 Å². The second kappa shape index (κ2) is 4.89. The van der Waals surface area contributed by atoms with Crippen LogP contribution >= 0.6 is 27.5 Å². The van der Waals surface area contributed by atoms with Crippen LogP contribution in [0.2, 0.25) is 5.02 Å². The molecule has 0 aliphatic carbocycles. The average molecular weight is 297 g/mol. The number of anilines is 1. The van der Waals surface area contributed by atoms with Gasteiger partial charge in [0, 0.05) is 21.6 Å². The molecule has 0 aliphatic heterocycles. The lowest BCUT2D eigenvalue weighted by Gasteiger charge is -2.07. The Kier molecular flexibility index (Phi) is 3.52. The zero-order chi connectivity index (χ0) is 11.5. The second-order valence-corrected chi connectivity index (χ2v) is 4.93. The van der Waals surface area contributed by atoms with Crippen molar-refractivity contribution in [1.82, 2.24) is 0 Å². The molecule has 0 aromatic heterocycles. The van der Waals surface area contributed by atoms with Crippen LogP contribution < -0.4 is 5.73 Å². The van der Waals surface area contributed by atoms with Gasteiger partial charge in [0.25, 0.3) is 0 Å². The molecule has 2 aromatic carbocycles. The highest BCUT2D eigenvalue weighted by Gasteiger charge is 2.04. The lowest BCUT2D eigenvalue weighted by Crippen LogP contribution is -1.96. The zero-order valence-corrected chi connectivity index (χ0v) is 10.9. The Hall–Kier alpha value is -0.990. The van der Waals surface area contributed by atoms with Crippen molar-refractivity contribution in [1.29, 1.82) is 0 Å². The highest BCUT2D eigenvalue weighted by atomic mass is 79.9. The van der Waals surface area contributed by atoms with Crippen molar-refractivity contribution in [3.05, 3.63) is 63.1 Å². The molecular formula is C13H11BrClN. The van der Waals surface area contributed by atoms with Gasteiger partial charge in [-0.25, -0.2) is 0 Å². The smallest absolute Gasteiger partial charge is 0.0441 e. The molecule has 0 atom stereocenters. The van der Waals surface area contributed by atoms with E-state index in [4.69, 9.17) is 17.3 Å². The molecule has 2 N–H and O–H groups in total. The van der Waals surface area contributed by atoms with Crippen LogP contribution in [0.5, 0.6) is 0 Å². The Morgan fingerprint density at radius 3 is 2.50 bits per heavy atom. The average Bonchev–Trinajstić information content (AvgIpc) is 2.25. The van der Waals surface area contributed by atoms with E-state index in [-0.39, 0.29) is 0 Å². The lowest BCUT2D eigenvalue weighted by atomic mass is 10.0. The van der Waals surface area contributed by atoms with Crippen LogP contribution in [0, 0.1) is 0 Å². The number of nitrogen functional groups attached to an aromatic ring is 1. The predicted octanol–water partition coefficient (Wildman–Crippen LogP) is 4.28. The van der Waals surface area contributed by atoms with Crippen molar-refractivity contribution < 1.29 is 0 Å². The van der Waals surface area contributed by atoms with E-state index in [2.05, 4.69) is 15.9 Å². The second-order valence-electron chi connectivity index (χ2n) is 3.61. The largest absolute Gasteiger partial charge is 0.398 e. The first-order valence-electron chi connectivity index (χ1n) is 4.94. The Morgan fingerprint density at radius 1 is 1.06 bits per heavy atom. The Labute approximate surface area is 108 Å². The van der Waals surface area contributed by atoms with Crippen LogP contribution in [0.3, 0.4) is 0 Å². The first-order chi connectivity index (χ1) is 7.66. The van der Waals surface area contributed by atoms with Crippen molar-refractivity contribution in [2.24, 2.45) is 0 Å². The first kappa shape index (κ1) is 11.5. The van der Waals surface area contributed by atoms with E-state index in [1.165, 1.54) is 0 Å². The Balaban J connectivity index is 2.31. The predicted molar refractivity (Wildman–Crippen MR) is 72.8 cm³/mol. The normalized spacial score (nSPS) is 10.4. The fraction of sp³-hybridized carbons (Fsp3) is 0.0769. The molecule has 0 spiro atoms. The molecular weight excluding hydrogens is 286 g/mol. The van der Waals surface area contributed by atoms with E-state index >= 15 is 0 Å². The van der Waals surface area contributed by atoms with Gasteiger partial charge in [-0.15, -0.1) is 0 Å². The number of hydrogen-bond donors (Lipinski definition) is 1. The summed E-state index contributed by atoms with van der Waals surface area (Å²) in [5, 5.41) is 0.782. The van der Waals surface area contributed by atoms with Crippen LogP contribution in [-0.4, -0.2) is 0 Å². The minimum Gasteiger partial charge on any atom is -0.398 e. The van der Waals surface area contributed by atoms with Gasteiger partial charge in [0.2, 0.25) is 0 Å². The van der Waals surface area contributed by atoms with E-state index in [9.17, 15) is 0 Å². The third-order valence-corrected chi connectivity index (χ3v) is 3.31. The summed E-state index contributed by atoms with van der Waals surface area (Å²) in [6.45, 7) is 0.